The molecule has 0 unspecified atom stereocenters. The van der Waals surface area contributed by atoms with Gasteiger partial charge in [0.2, 0.25) is 5.91 Å². The van der Waals surface area contributed by atoms with Crippen molar-refractivity contribution >= 4 is 21.7 Å². The SMILES string of the molecule is CC(=O)Nc1ccc(OCCOCCOCCOCCOS(=O)(=O)c2ccccc2)cc1. The molecule has 0 atom stereocenters. The van der Waals surface area contributed by atoms with E-state index in [1.807, 2.05) is 0 Å². The molecule has 1 amide bonds. The van der Waals surface area contributed by atoms with E-state index < -0.39 is 10.1 Å². The topological polar surface area (TPSA) is 109 Å². The van der Waals surface area contributed by atoms with Crippen LogP contribution in [0.3, 0.4) is 0 Å². The van der Waals surface area contributed by atoms with Crippen LogP contribution >= 0.6 is 0 Å². The van der Waals surface area contributed by atoms with E-state index in [1.54, 1.807) is 42.5 Å². The fraction of sp³-hybridized carbons (Fsp3) is 0.409. The molecule has 0 saturated carbocycles. The van der Waals surface area contributed by atoms with Crippen LogP contribution in [0.1, 0.15) is 6.92 Å². The molecule has 0 heterocycles. The molecule has 1 N–H and O–H groups in total. The summed E-state index contributed by atoms with van der Waals surface area (Å²) in [6.07, 6.45) is 0. The predicted molar refractivity (Wildman–Crippen MR) is 118 cm³/mol. The zero-order valence-corrected chi connectivity index (χ0v) is 18.8. The van der Waals surface area contributed by atoms with E-state index in [2.05, 4.69) is 5.32 Å². The molecule has 10 heteroatoms. The molecule has 0 spiro atoms. The van der Waals surface area contributed by atoms with E-state index in [1.165, 1.54) is 19.1 Å². The van der Waals surface area contributed by atoms with Crippen LogP contribution in [0.15, 0.2) is 59.5 Å². The lowest BCUT2D eigenvalue weighted by Gasteiger charge is -2.09. The number of nitrogens with one attached hydrogen (secondary N) is 1. The number of carbonyl (C=O) groups is 1. The smallest absolute Gasteiger partial charge is 0.297 e. The average molecular weight is 468 g/mol. The third-order valence-electron chi connectivity index (χ3n) is 3.91. The highest BCUT2D eigenvalue weighted by Gasteiger charge is 2.13. The van der Waals surface area contributed by atoms with Crippen molar-refractivity contribution < 1.29 is 36.3 Å². The summed E-state index contributed by atoms with van der Waals surface area (Å²) in [6.45, 7) is 3.88. The highest BCUT2D eigenvalue weighted by atomic mass is 32.2. The number of hydrogen-bond donors (Lipinski definition) is 1. The van der Waals surface area contributed by atoms with Gasteiger partial charge in [0.05, 0.1) is 51.1 Å². The molecule has 0 saturated heterocycles. The van der Waals surface area contributed by atoms with Crippen molar-refractivity contribution in [2.45, 2.75) is 11.8 Å². The molecule has 0 aliphatic rings. The first kappa shape index (κ1) is 25.8. The molecular formula is C22H29NO8S. The Labute approximate surface area is 188 Å². The van der Waals surface area contributed by atoms with Crippen LogP contribution in [0, 0.1) is 0 Å². The second-order valence-electron chi connectivity index (χ2n) is 6.48. The lowest BCUT2D eigenvalue weighted by atomic mass is 10.3. The van der Waals surface area contributed by atoms with E-state index in [0.29, 0.717) is 51.1 Å². The van der Waals surface area contributed by atoms with Gasteiger partial charge >= 0.3 is 0 Å². The molecule has 2 rings (SSSR count). The molecule has 0 radical (unpaired) electrons. The summed E-state index contributed by atoms with van der Waals surface area (Å²) in [4.78, 5) is 11.1. The van der Waals surface area contributed by atoms with Crippen LogP contribution < -0.4 is 10.1 Å². The molecular weight excluding hydrogens is 438 g/mol. The fourth-order valence-corrected chi connectivity index (χ4v) is 3.37. The minimum atomic E-state index is -3.75. The van der Waals surface area contributed by atoms with Crippen LogP contribution in [-0.2, 0) is 33.3 Å². The Morgan fingerprint density at radius 1 is 0.750 bits per heavy atom. The van der Waals surface area contributed by atoms with E-state index in [-0.39, 0.29) is 24.0 Å². The maximum atomic E-state index is 11.9. The van der Waals surface area contributed by atoms with Gasteiger partial charge in [0.1, 0.15) is 12.4 Å². The third kappa shape index (κ3) is 10.7. The zero-order valence-electron chi connectivity index (χ0n) is 18.0. The van der Waals surface area contributed by atoms with Crippen molar-refractivity contribution in [1.29, 1.82) is 0 Å². The lowest BCUT2D eigenvalue weighted by Crippen LogP contribution is -2.15. The standard InChI is InChI=1S/C22H29NO8S/c1-19(24)23-20-7-9-21(10-8-20)30-17-15-28-13-11-27-12-14-29-16-18-31-32(25,26)22-5-3-2-4-6-22/h2-10H,11-18H2,1H3,(H,23,24). The molecule has 0 fully saturated rings. The summed E-state index contributed by atoms with van der Waals surface area (Å²) in [5.74, 6) is 0.570. The van der Waals surface area contributed by atoms with Gasteiger partial charge in [0.25, 0.3) is 10.1 Å². The monoisotopic (exact) mass is 467 g/mol. The normalized spacial score (nSPS) is 11.3. The quantitative estimate of drug-likeness (QED) is 0.296. The predicted octanol–water partition coefficient (Wildman–Crippen LogP) is 2.48. The van der Waals surface area contributed by atoms with Crippen molar-refractivity contribution in [3.63, 3.8) is 0 Å². The van der Waals surface area contributed by atoms with Gasteiger partial charge in [-0.3, -0.25) is 8.98 Å². The van der Waals surface area contributed by atoms with Crippen LogP contribution in [0.2, 0.25) is 0 Å². The maximum Gasteiger partial charge on any atom is 0.297 e. The molecule has 0 aliphatic heterocycles. The molecule has 176 valence electrons. The van der Waals surface area contributed by atoms with E-state index in [9.17, 15) is 13.2 Å². The van der Waals surface area contributed by atoms with Gasteiger partial charge in [0, 0.05) is 12.6 Å². The van der Waals surface area contributed by atoms with Gasteiger partial charge in [-0.15, -0.1) is 0 Å². The van der Waals surface area contributed by atoms with Gasteiger partial charge in [-0.05, 0) is 36.4 Å². The lowest BCUT2D eigenvalue weighted by molar-refractivity contribution is -0.114. The number of hydrogen-bond acceptors (Lipinski definition) is 8. The number of rotatable bonds is 16. The van der Waals surface area contributed by atoms with E-state index in [0.717, 1.165) is 0 Å². The Hall–Kier alpha value is -2.50. The summed E-state index contributed by atoms with van der Waals surface area (Å²) in [7, 11) is -3.75. The van der Waals surface area contributed by atoms with Crippen LogP contribution in [0.5, 0.6) is 5.75 Å². The summed E-state index contributed by atoms with van der Waals surface area (Å²) in [5, 5.41) is 2.69. The molecule has 0 aromatic heterocycles. The van der Waals surface area contributed by atoms with Crippen molar-refractivity contribution in [1.82, 2.24) is 0 Å². The van der Waals surface area contributed by atoms with E-state index >= 15 is 0 Å². The number of benzene rings is 2. The van der Waals surface area contributed by atoms with Crippen molar-refractivity contribution in [3.05, 3.63) is 54.6 Å². The number of ether oxygens (including phenoxy) is 4. The molecule has 32 heavy (non-hydrogen) atoms. The zero-order chi connectivity index (χ0) is 23.1. The summed E-state index contributed by atoms with van der Waals surface area (Å²) >= 11 is 0. The number of anilines is 1. The first-order valence-corrected chi connectivity index (χ1v) is 11.6. The van der Waals surface area contributed by atoms with Crippen molar-refractivity contribution in [2.75, 3.05) is 58.2 Å². The summed E-state index contributed by atoms with van der Waals surface area (Å²) < 4.78 is 50.4. The van der Waals surface area contributed by atoms with Gasteiger partial charge in [-0.2, -0.15) is 8.42 Å². The second-order valence-corrected chi connectivity index (χ2v) is 8.10. The Morgan fingerprint density at radius 3 is 1.84 bits per heavy atom. The minimum Gasteiger partial charge on any atom is -0.491 e. The Balaban J connectivity index is 1.39. The number of carbonyl (C=O) groups excluding carboxylic acids is 1. The van der Waals surface area contributed by atoms with Gasteiger partial charge in [0.15, 0.2) is 0 Å². The average Bonchev–Trinajstić information content (AvgIpc) is 2.78. The highest BCUT2D eigenvalue weighted by molar-refractivity contribution is 7.86. The van der Waals surface area contributed by atoms with Crippen LogP contribution in [0.25, 0.3) is 0 Å². The highest BCUT2D eigenvalue weighted by Crippen LogP contribution is 2.15. The maximum absolute atomic E-state index is 11.9. The van der Waals surface area contributed by atoms with Crippen LogP contribution in [0.4, 0.5) is 5.69 Å². The third-order valence-corrected chi connectivity index (χ3v) is 5.24. The van der Waals surface area contributed by atoms with Crippen molar-refractivity contribution in [3.8, 4) is 5.75 Å². The molecule has 2 aromatic carbocycles. The second kappa shape index (κ2) is 14.5. The minimum absolute atomic E-state index is 0.0592. The fourth-order valence-electron chi connectivity index (χ4n) is 2.46. The number of amides is 1. The van der Waals surface area contributed by atoms with Gasteiger partial charge in [-0.1, -0.05) is 18.2 Å². The van der Waals surface area contributed by atoms with E-state index in [4.69, 9.17) is 23.1 Å². The van der Waals surface area contributed by atoms with Gasteiger partial charge in [-0.25, -0.2) is 0 Å². The van der Waals surface area contributed by atoms with Gasteiger partial charge < -0.3 is 24.3 Å². The van der Waals surface area contributed by atoms with Crippen LogP contribution in [-0.4, -0.2) is 67.2 Å². The molecule has 0 aliphatic carbocycles. The Bertz CT molecular complexity index is 888. The molecule has 0 bridgehead atoms. The first-order valence-electron chi connectivity index (χ1n) is 10.2. The molecule has 9 nitrogen and oxygen atoms in total. The largest absolute Gasteiger partial charge is 0.491 e. The first-order chi connectivity index (χ1) is 15.5. The Kier molecular flexibility index (Phi) is 11.7. The summed E-state index contributed by atoms with van der Waals surface area (Å²) in [6, 6.07) is 15.0. The molecule has 2 aromatic rings. The Morgan fingerprint density at radius 2 is 1.28 bits per heavy atom. The summed E-state index contributed by atoms with van der Waals surface area (Å²) in [5.41, 5.74) is 0.715. The van der Waals surface area contributed by atoms with Crippen molar-refractivity contribution in [2.24, 2.45) is 0 Å².